The van der Waals surface area contributed by atoms with Gasteiger partial charge in [-0.25, -0.2) is 4.79 Å². The van der Waals surface area contributed by atoms with Crippen LogP contribution in [0.5, 0.6) is 0 Å². The van der Waals surface area contributed by atoms with E-state index in [4.69, 9.17) is 14.2 Å². The van der Waals surface area contributed by atoms with Crippen LogP contribution in [-0.4, -0.2) is 37.0 Å². The molecular formula is C14H18O4. The van der Waals surface area contributed by atoms with Gasteiger partial charge in [-0.2, -0.15) is 0 Å². The average molecular weight is 250 g/mol. The number of epoxide rings is 2. The first kappa shape index (κ1) is 11.0. The smallest absolute Gasteiger partial charge is 0.333 e. The quantitative estimate of drug-likeness (QED) is 0.563. The van der Waals surface area contributed by atoms with E-state index in [0.29, 0.717) is 30.8 Å². The molecular weight excluding hydrogens is 232 g/mol. The number of carbonyl (C=O) groups is 1. The minimum Gasteiger partial charge on any atom is -0.462 e. The molecule has 98 valence electrons. The zero-order valence-corrected chi connectivity index (χ0v) is 10.3. The third kappa shape index (κ3) is 2.08. The molecule has 2 aliphatic heterocycles. The lowest BCUT2D eigenvalue weighted by molar-refractivity contribution is -0.140. The van der Waals surface area contributed by atoms with Gasteiger partial charge in [0.25, 0.3) is 0 Å². The predicted octanol–water partition coefficient (Wildman–Crippen LogP) is 1.58. The van der Waals surface area contributed by atoms with Crippen LogP contribution in [0.25, 0.3) is 0 Å². The molecule has 0 aromatic carbocycles. The van der Waals surface area contributed by atoms with E-state index in [1.807, 2.05) is 6.08 Å². The van der Waals surface area contributed by atoms with Crippen LogP contribution in [0, 0.1) is 5.92 Å². The Morgan fingerprint density at radius 2 is 2.17 bits per heavy atom. The van der Waals surface area contributed by atoms with Crippen molar-refractivity contribution in [3.05, 3.63) is 11.6 Å². The molecule has 0 spiro atoms. The Hall–Kier alpha value is -0.870. The van der Waals surface area contributed by atoms with Gasteiger partial charge in [0.05, 0.1) is 24.9 Å². The number of ether oxygens (including phenoxy) is 3. The maximum absolute atomic E-state index is 11.9. The van der Waals surface area contributed by atoms with Gasteiger partial charge in [0.2, 0.25) is 0 Å². The molecule has 5 unspecified atom stereocenters. The summed E-state index contributed by atoms with van der Waals surface area (Å²) in [6.45, 7) is 0.553. The molecule has 1 saturated carbocycles. The monoisotopic (exact) mass is 250 g/mol. The molecule has 2 heterocycles. The van der Waals surface area contributed by atoms with Crippen molar-refractivity contribution < 1.29 is 19.0 Å². The van der Waals surface area contributed by atoms with E-state index in [2.05, 4.69) is 0 Å². The third-order valence-corrected chi connectivity index (χ3v) is 4.51. The highest BCUT2D eigenvalue weighted by molar-refractivity contribution is 5.88. The molecule has 0 aromatic rings. The lowest BCUT2D eigenvalue weighted by Crippen LogP contribution is -2.22. The molecule has 3 fully saturated rings. The fourth-order valence-electron chi connectivity index (χ4n) is 3.21. The second-order valence-electron chi connectivity index (χ2n) is 5.86. The van der Waals surface area contributed by atoms with Crippen LogP contribution < -0.4 is 0 Å². The van der Waals surface area contributed by atoms with Gasteiger partial charge in [-0.1, -0.05) is 0 Å². The SMILES string of the molecule is O=C(OCC1CCC2OC2C1)C1=CC2OC2CC1. The lowest BCUT2D eigenvalue weighted by Gasteiger charge is -2.19. The van der Waals surface area contributed by atoms with Crippen molar-refractivity contribution in [3.63, 3.8) is 0 Å². The second-order valence-corrected chi connectivity index (χ2v) is 5.86. The van der Waals surface area contributed by atoms with Crippen molar-refractivity contribution in [1.29, 1.82) is 0 Å². The van der Waals surface area contributed by atoms with Gasteiger partial charge in [-0.05, 0) is 44.1 Å². The van der Waals surface area contributed by atoms with Crippen molar-refractivity contribution in [3.8, 4) is 0 Å². The number of fused-ring (bicyclic) bond motifs is 2. The molecule has 0 bridgehead atoms. The summed E-state index contributed by atoms with van der Waals surface area (Å²) in [6.07, 6.45) is 8.57. The second kappa shape index (κ2) is 4.07. The summed E-state index contributed by atoms with van der Waals surface area (Å²) in [6, 6.07) is 0. The van der Waals surface area contributed by atoms with Crippen molar-refractivity contribution in [2.45, 2.75) is 56.5 Å². The Balaban J connectivity index is 1.28. The first-order valence-electron chi connectivity index (χ1n) is 6.98. The fraction of sp³-hybridized carbons (Fsp3) is 0.786. The molecule has 0 radical (unpaired) electrons. The molecule has 18 heavy (non-hydrogen) atoms. The van der Waals surface area contributed by atoms with Gasteiger partial charge in [0, 0.05) is 5.57 Å². The van der Waals surface area contributed by atoms with E-state index in [-0.39, 0.29) is 12.1 Å². The van der Waals surface area contributed by atoms with Crippen molar-refractivity contribution in [1.82, 2.24) is 0 Å². The summed E-state index contributed by atoms with van der Waals surface area (Å²) in [5, 5.41) is 0. The van der Waals surface area contributed by atoms with Crippen LogP contribution in [0.1, 0.15) is 32.1 Å². The van der Waals surface area contributed by atoms with Crippen LogP contribution in [-0.2, 0) is 19.0 Å². The molecule has 0 amide bonds. The number of rotatable bonds is 3. The third-order valence-electron chi connectivity index (χ3n) is 4.51. The normalized spacial score (nSPS) is 44.4. The highest BCUT2D eigenvalue weighted by Crippen LogP contribution is 2.39. The van der Waals surface area contributed by atoms with Crippen LogP contribution in [0.2, 0.25) is 0 Å². The van der Waals surface area contributed by atoms with Crippen molar-refractivity contribution >= 4 is 5.97 Å². The van der Waals surface area contributed by atoms with E-state index in [1.165, 1.54) is 0 Å². The number of hydrogen-bond donors (Lipinski definition) is 0. The molecule has 2 saturated heterocycles. The Morgan fingerprint density at radius 3 is 3.00 bits per heavy atom. The van der Waals surface area contributed by atoms with Gasteiger partial charge in [0.1, 0.15) is 6.10 Å². The highest BCUT2D eigenvalue weighted by Gasteiger charge is 2.44. The number of hydrogen-bond acceptors (Lipinski definition) is 4. The molecule has 4 rings (SSSR count). The minimum absolute atomic E-state index is 0.136. The van der Waals surface area contributed by atoms with Gasteiger partial charge >= 0.3 is 5.97 Å². The largest absolute Gasteiger partial charge is 0.462 e. The predicted molar refractivity (Wildman–Crippen MR) is 62.9 cm³/mol. The van der Waals surface area contributed by atoms with Gasteiger partial charge in [0.15, 0.2) is 0 Å². The summed E-state index contributed by atoms with van der Waals surface area (Å²) in [4.78, 5) is 11.9. The lowest BCUT2D eigenvalue weighted by atomic mass is 9.90. The van der Waals surface area contributed by atoms with Gasteiger partial charge in [-0.3, -0.25) is 0 Å². The van der Waals surface area contributed by atoms with Crippen LogP contribution >= 0.6 is 0 Å². The molecule has 5 atom stereocenters. The van der Waals surface area contributed by atoms with Crippen LogP contribution in [0.4, 0.5) is 0 Å². The first-order valence-corrected chi connectivity index (χ1v) is 6.98. The maximum atomic E-state index is 11.9. The number of esters is 1. The topological polar surface area (TPSA) is 51.4 Å². The van der Waals surface area contributed by atoms with E-state index in [9.17, 15) is 4.79 Å². The highest BCUT2D eigenvalue weighted by atomic mass is 16.6. The molecule has 0 N–H and O–H groups in total. The standard InChI is InChI=1S/C14H18O4/c15-14(9-2-4-11-13(6-9)18-11)16-7-8-1-3-10-12(5-8)17-10/h6,8,10-13H,1-5,7H2. The van der Waals surface area contributed by atoms with E-state index >= 15 is 0 Å². The average Bonchev–Trinajstić information content (AvgIpc) is 3.26. The van der Waals surface area contributed by atoms with E-state index in [1.54, 1.807) is 0 Å². The number of carbonyl (C=O) groups excluding carboxylic acids is 1. The minimum atomic E-state index is -0.136. The summed E-state index contributed by atoms with van der Waals surface area (Å²) >= 11 is 0. The molecule has 4 nitrogen and oxygen atoms in total. The van der Waals surface area contributed by atoms with Crippen LogP contribution in [0.3, 0.4) is 0 Å². The molecule has 2 aliphatic carbocycles. The van der Waals surface area contributed by atoms with Gasteiger partial charge in [-0.15, -0.1) is 0 Å². The first-order chi connectivity index (χ1) is 8.79. The Bertz CT molecular complexity index is 403. The Kier molecular flexibility index (Phi) is 2.49. The van der Waals surface area contributed by atoms with E-state index < -0.39 is 0 Å². The summed E-state index contributed by atoms with van der Waals surface area (Å²) in [5.41, 5.74) is 0.810. The summed E-state index contributed by atoms with van der Waals surface area (Å²) < 4.78 is 16.3. The van der Waals surface area contributed by atoms with Gasteiger partial charge < -0.3 is 14.2 Å². The van der Waals surface area contributed by atoms with Crippen molar-refractivity contribution in [2.75, 3.05) is 6.61 Å². The molecule has 0 aromatic heterocycles. The zero-order chi connectivity index (χ0) is 12.1. The molecule has 4 heteroatoms. The summed E-state index contributed by atoms with van der Waals surface area (Å²) in [7, 11) is 0. The zero-order valence-electron chi connectivity index (χ0n) is 10.3. The molecule has 4 aliphatic rings. The Morgan fingerprint density at radius 1 is 1.22 bits per heavy atom. The maximum Gasteiger partial charge on any atom is 0.333 e. The Labute approximate surface area is 106 Å². The van der Waals surface area contributed by atoms with E-state index in [0.717, 1.165) is 37.7 Å². The fourth-order valence-corrected chi connectivity index (χ4v) is 3.21. The van der Waals surface area contributed by atoms with Crippen molar-refractivity contribution in [2.24, 2.45) is 5.92 Å². The summed E-state index contributed by atoms with van der Waals surface area (Å²) in [5.74, 6) is 0.356. The van der Waals surface area contributed by atoms with Crippen LogP contribution in [0.15, 0.2) is 11.6 Å².